The molecular weight excluding hydrogens is 416 g/mol. The van der Waals surface area contributed by atoms with Gasteiger partial charge in [-0.3, -0.25) is 4.79 Å². The first-order valence-corrected chi connectivity index (χ1v) is 11.5. The number of carbonyl (C=O) groups excluding carboxylic acids is 1. The highest BCUT2D eigenvalue weighted by Gasteiger charge is 2.11. The molecule has 0 aliphatic carbocycles. The molecule has 0 fully saturated rings. The minimum Gasteiger partial charge on any atom is -0.497 e. The Kier molecular flexibility index (Phi) is 8.52. The molecule has 1 aromatic carbocycles. The zero-order valence-corrected chi connectivity index (χ0v) is 19.0. The minimum atomic E-state index is 0.0535. The van der Waals surface area contributed by atoms with Gasteiger partial charge in [-0.25, -0.2) is 0 Å². The summed E-state index contributed by atoms with van der Waals surface area (Å²) in [6, 6.07) is 7.55. The summed E-state index contributed by atoms with van der Waals surface area (Å²) in [7, 11) is 1.63. The summed E-state index contributed by atoms with van der Waals surface area (Å²) in [5.41, 5.74) is 2.86. The topological polar surface area (TPSA) is 103 Å². The van der Waals surface area contributed by atoms with Gasteiger partial charge in [0.15, 0.2) is 0 Å². The molecule has 0 radical (unpaired) electrons. The number of nitrogens with zero attached hydrogens (tertiary/aromatic N) is 3. The second-order valence-electron chi connectivity index (χ2n) is 7.20. The van der Waals surface area contributed by atoms with Gasteiger partial charge < -0.3 is 19.1 Å². The fourth-order valence-corrected chi connectivity index (χ4v) is 4.03. The number of aromatic nitrogens is 3. The highest BCUT2D eigenvalue weighted by Crippen LogP contribution is 2.21. The fraction of sp³-hybridized carbons (Fsp3) is 0.455. The number of aryl methyl sites for hydroxylation is 3. The van der Waals surface area contributed by atoms with Crippen LogP contribution in [-0.2, 0) is 17.0 Å². The first-order valence-electron chi connectivity index (χ1n) is 10.3. The quantitative estimate of drug-likeness (QED) is 0.416. The molecule has 9 heteroatoms. The van der Waals surface area contributed by atoms with Gasteiger partial charge in [-0.15, -0.1) is 11.8 Å². The number of nitrogens with one attached hydrogen (secondary N) is 1. The maximum absolute atomic E-state index is 12.0. The van der Waals surface area contributed by atoms with E-state index in [2.05, 4.69) is 20.6 Å². The van der Waals surface area contributed by atoms with Gasteiger partial charge >= 0.3 is 0 Å². The monoisotopic (exact) mass is 444 g/mol. The zero-order chi connectivity index (χ0) is 22.1. The van der Waals surface area contributed by atoms with Crippen LogP contribution in [0.5, 0.6) is 5.75 Å². The molecule has 3 aromatic rings. The molecule has 2 heterocycles. The van der Waals surface area contributed by atoms with Crippen molar-refractivity contribution < 1.29 is 18.6 Å². The largest absolute Gasteiger partial charge is 0.497 e. The van der Waals surface area contributed by atoms with E-state index in [-0.39, 0.29) is 5.91 Å². The summed E-state index contributed by atoms with van der Waals surface area (Å²) in [5.74, 6) is 4.04. The normalized spacial score (nSPS) is 10.9. The molecule has 1 N–H and O–H groups in total. The van der Waals surface area contributed by atoms with Gasteiger partial charge in [0, 0.05) is 29.8 Å². The second-order valence-corrected chi connectivity index (χ2v) is 8.18. The van der Waals surface area contributed by atoms with Gasteiger partial charge in [0.05, 0.1) is 18.6 Å². The van der Waals surface area contributed by atoms with Crippen LogP contribution in [0.4, 0.5) is 0 Å². The molecule has 8 nitrogen and oxygen atoms in total. The number of amides is 1. The lowest BCUT2D eigenvalue weighted by Gasteiger charge is -2.05. The van der Waals surface area contributed by atoms with Gasteiger partial charge in [-0.2, -0.15) is 4.98 Å². The van der Waals surface area contributed by atoms with Gasteiger partial charge in [0.2, 0.25) is 17.6 Å². The number of benzene rings is 1. The minimum absolute atomic E-state index is 0.0535. The van der Waals surface area contributed by atoms with Crippen LogP contribution < -0.4 is 10.1 Å². The Morgan fingerprint density at radius 2 is 1.90 bits per heavy atom. The molecule has 3 rings (SSSR count). The lowest BCUT2D eigenvalue weighted by Crippen LogP contribution is -2.26. The van der Waals surface area contributed by atoms with Crippen LogP contribution in [0.15, 0.2) is 33.3 Å². The molecule has 0 unspecified atom stereocenters. The van der Waals surface area contributed by atoms with E-state index in [4.69, 9.17) is 13.8 Å². The molecule has 0 saturated heterocycles. The van der Waals surface area contributed by atoms with E-state index < -0.39 is 0 Å². The number of unbranched alkanes of at least 4 members (excludes halogenated alkanes) is 2. The Hall–Kier alpha value is -2.81. The maximum atomic E-state index is 12.0. The molecule has 1 amide bonds. The smallest absolute Gasteiger partial charge is 0.230 e. The van der Waals surface area contributed by atoms with Crippen molar-refractivity contribution in [2.24, 2.45) is 0 Å². The average Bonchev–Trinajstić information content (AvgIpc) is 3.38. The van der Waals surface area contributed by atoms with Crippen LogP contribution in [0, 0.1) is 13.8 Å². The zero-order valence-electron chi connectivity index (χ0n) is 18.1. The standard InChI is InChI=1S/C22H28N4O4S/c1-15-19(16(2)29-25-15)13-31-14-20(27)23-12-6-4-5-7-21-24-22(26-30-21)17-8-10-18(28-3)11-9-17/h8-11H,4-7,12-14H2,1-3H3,(H,23,27). The molecule has 2 aromatic heterocycles. The number of ether oxygens (including phenoxy) is 1. The number of rotatable bonds is 12. The fourth-order valence-electron chi connectivity index (χ4n) is 3.02. The molecule has 0 bridgehead atoms. The van der Waals surface area contributed by atoms with E-state index in [1.54, 1.807) is 18.9 Å². The van der Waals surface area contributed by atoms with Crippen molar-refractivity contribution >= 4 is 17.7 Å². The molecule has 0 aliphatic rings. The van der Waals surface area contributed by atoms with Crippen molar-refractivity contribution in [3.05, 3.63) is 47.2 Å². The number of carbonyl (C=O) groups is 1. The Labute approximate surface area is 186 Å². The summed E-state index contributed by atoms with van der Waals surface area (Å²) >= 11 is 1.57. The third-order valence-electron chi connectivity index (χ3n) is 4.87. The number of methoxy groups -OCH3 is 1. The van der Waals surface area contributed by atoms with Crippen molar-refractivity contribution in [1.82, 2.24) is 20.6 Å². The average molecular weight is 445 g/mol. The van der Waals surface area contributed by atoms with E-state index >= 15 is 0 Å². The predicted octanol–water partition coefficient (Wildman–Crippen LogP) is 4.11. The van der Waals surface area contributed by atoms with E-state index in [1.807, 2.05) is 38.1 Å². The number of thioether (sulfide) groups is 1. The van der Waals surface area contributed by atoms with Crippen LogP contribution in [0.1, 0.15) is 42.2 Å². The third kappa shape index (κ3) is 6.85. The molecule has 166 valence electrons. The van der Waals surface area contributed by atoms with E-state index in [0.29, 0.717) is 24.0 Å². The Bertz CT molecular complexity index is 949. The Morgan fingerprint density at radius 3 is 2.61 bits per heavy atom. The van der Waals surface area contributed by atoms with E-state index in [9.17, 15) is 4.79 Å². The van der Waals surface area contributed by atoms with Gasteiger partial charge in [-0.05, 0) is 51.0 Å². The number of hydrogen-bond donors (Lipinski definition) is 1. The maximum Gasteiger partial charge on any atom is 0.230 e. The Balaban J connectivity index is 1.26. The van der Waals surface area contributed by atoms with Crippen LogP contribution in [0.25, 0.3) is 11.4 Å². The SMILES string of the molecule is COc1ccc(-c2noc(CCCCCNC(=O)CSCc3c(C)noc3C)n2)cc1. The summed E-state index contributed by atoms with van der Waals surface area (Å²) in [6.45, 7) is 4.48. The van der Waals surface area contributed by atoms with Gasteiger partial charge in [-0.1, -0.05) is 16.7 Å². The number of hydrogen-bond acceptors (Lipinski definition) is 8. The predicted molar refractivity (Wildman–Crippen MR) is 119 cm³/mol. The van der Waals surface area contributed by atoms with Crippen molar-refractivity contribution in [2.75, 3.05) is 19.4 Å². The van der Waals surface area contributed by atoms with Gasteiger partial charge in [0.1, 0.15) is 11.5 Å². The highest BCUT2D eigenvalue weighted by molar-refractivity contribution is 7.99. The molecule has 31 heavy (non-hydrogen) atoms. The lowest BCUT2D eigenvalue weighted by atomic mass is 10.2. The van der Waals surface area contributed by atoms with Gasteiger partial charge in [0.25, 0.3) is 0 Å². The highest BCUT2D eigenvalue weighted by atomic mass is 32.2. The van der Waals surface area contributed by atoms with Crippen LogP contribution in [0.3, 0.4) is 0 Å². The molecular formula is C22H28N4O4S. The molecule has 0 spiro atoms. The third-order valence-corrected chi connectivity index (χ3v) is 5.83. The van der Waals surface area contributed by atoms with E-state index in [0.717, 1.165) is 59.8 Å². The second kappa shape index (κ2) is 11.5. The van der Waals surface area contributed by atoms with Crippen LogP contribution in [0.2, 0.25) is 0 Å². The van der Waals surface area contributed by atoms with Crippen molar-refractivity contribution in [2.45, 2.75) is 45.3 Å². The molecule has 0 saturated carbocycles. The van der Waals surface area contributed by atoms with Crippen LogP contribution in [-0.4, -0.2) is 40.6 Å². The first-order chi connectivity index (χ1) is 15.1. The Morgan fingerprint density at radius 1 is 1.10 bits per heavy atom. The summed E-state index contributed by atoms with van der Waals surface area (Å²) in [6.07, 6.45) is 3.55. The summed E-state index contributed by atoms with van der Waals surface area (Å²) in [4.78, 5) is 16.4. The van der Waals surface area contributed by atoms with Crippen molar-refractivity contribution in [1.29, 1.82) is 0 Å². The first kappa shape index (κ1) is 22.9. The van der Waals surface area contributed by atoms with Crippen molar-refractivity contribution in [3.8, 4) is 17.1 Å². The van der Waals surface area contributed by atoms with Crippen LogP contribution >= 0.6 is 11.8 Å². The molecule has 0 atom stereocenters. The summed E-state index contributed by atoms with van der Waals surface area (Å²) < 4.78 is 15.6. The van der Waals surface area contributed by atoms with E-state index in [1.165, 1.54) is 0 Å². The van der Waals surface area contributed by atoms with Crippen molar-refractivity contribution in [3.63, 3.8) is 0 Å². The molecule has 0 aliphatic heterocycles. The lowest BCUT2D eigenvalue weighted by molar-refractivity contribution is -0.118. The summed E-state index contributed by atoms with van der Waals surface area (Å²) in [5, 5.41) is 10.9.